The van der Waals surface area contributed by atoms with E-state index in [0.717, 1.165) is 11.0 Å². The molecule has 0 radical (unpaired) electrons. The van der Waals surface area contributed by atoms with Crippen LogP contribution >= 0.6 is 0 Å². The van der Waals surface area contributed by atoms with Crippen LogP contribution in [0.3, 0.4) is 0 Å². The third-order valence-electron chi connectivity index (χ3n) is 4.15. The molecule has 0 aliphatic carbocycles. The van der Waals surface area contributed by atoms with Gasteiger partial charge in [-0.3, -0.25) is 4.79 Å². The third kappa shape index (κ3) is 5.38. The van der Waals surface area contributed by atoms with Gasteiger partial charge in [0.25, 0.3) is 0 Å². The van der Waals surface area contributed by atoms with Crippen molar-refractivity contribution in [3.05, 3.63) is 12.7 Å². The fourth-order valence-electron chi connectivity index (χ4n) is 2.34. The van der Waals surface area contributed by atoms with Crippen LogP contribution in [-0.2, 0) is 4.79 Å². The summed E-state index contributed by atoms with van der Waals surface area (Å²) in [6.45, 7) is 4.48. The molecule has 1 amide bonds. The lowest BCUT2D eigenvalue weighted by Crippen LogP contribution is -2.70. The Kier molecular flexibility index (Phi) is 8.91. The molecule has 0 heterocycles. The van der Waals surface area contributed by atoms with E-state index in [2.05, 4.69) is 6.58 Å². The van der Waals surface area contributed by atoms with Crippen molar-refractivity contribution in [2.75, 3.05) is 13.1 Å². The molecule has 0 saturated carbocycles. The van der Waals surface area contributed by atoms with E-state index in [4.69, 9.17) is 0 Å². The summed E-state index contributed by atoms with van der Waals surface area (Å²) in [6, 6.07) is 0. The van der Waals surface area contributed by atoms with Gasteiger partial charge >= 0.3 is 35.8 Å². The lowest BCUT2D eigenvalue weighted by atomic mass is 9.91. The van der Waals surface area contributed by atoms with Gasteiger partial charge in [-0.2, -0.15) is 57.1 Å². The number of hydrogen-bond acceptors (Lipinski definition) is 1. The van der Waals surface area contributed by atoms with Crippen molar-refractivity contribution in [3.8, 4) is 0 Å². The highest BCUT2D eigenvalue weighted by Gasteiger charge is 2.90. The molecule has 0 atom stereocenters. The molecular weight excluding hydrogens is 469 g/mol. The number of rotatable bonds is 12. The first-order valence-corrected chi connectivity index (χ1v) is 8.52. The van der Waals surface area contributed by atoms with Crippen LogP contribution in [0.1, 0.15) is 32.6 Å². The average molecular weight is 487 g/mol. The van der Waals surface area contributed by atoms with Crippen LogP contribution in [-0.4, -0.2) is 59.7 Å². The predicted octanol–water partition coefficient (Wildman–Crippen LogP) is 6.32. The maximum absolute atomic E-state index is 13.6. The van der Waals surface area contributed by atoms with Crippen molar-refractivity contribution >= 4 is 5.91 Å². The Bertz CT molecular complexity index is 627. The normalized spacial score (nSPS) is 14.5. The number of carbonyl (C=O) groups excluding carboxylic acids is 1. The summed E-state index contributed by atoms with van der Waals surface area (Å²) in [5.74, 6) is -37.4. The molecule has 15 heteroatoms. The first kappa shape index (κ1) is 29.3. The highest BCUT2D eigenvalue weighted by Crippen LogP contribution is 2.60. The molecular formula is C16H18F13NO. The van der Waals surface area contributed by atoms with E-state index in [1.54, 1.807) is 6.92 Å². The lowest BCUT2D eigenvalue weighted by molar-refractivity contribution is -0.440. The number of halogens is 13. The van der Waals surface area contributed by atoms with E-state index in [0.29, 0.717) is 6.42 Å². The van der Waals surface area contributed by atoms with Crippen LogP contribution in [0.2, 0.25) is 0 Å². The van der Waals surface area contributed by atoms with Crippen LogP contribution in [0.25, 0.3) is 0 Å². The van der Waals surface area contributed by atoms with Gasteiger partial charge in [-0.05, 0) is 25.3 Å². The molecule has 0 fully saturated rings. The summed E-state index contributed by atoms with van der Waals surface area (Å²) in [5, 5.41) is 0. The van der Waals surface area contributed by atoms with E-state index in [1.165, 1.54) is 0 Å². The fourth-order valence-corrected chi connectivity index (χ4v) is 2.34. The quantitative estimate of drug-likeness (QED) is 0.179. The Hall–Kier alpha value is -1.70. The third-order valence-corrected chi connectivity index (χ3v) is 4.15. The van der Waals surface area contributed by atoms with Crippen molar-refractivity contribution in [3.63, 3.8) is 0 Å². The van der Waals surface area contributed by atoms with E-state index < -0.39 is 61.0 Å². The number of nitrogens with zero attached hydrogens (tertiary/aromatic N) is 1. The minimum Gasteiger partial charge on any atom is -0.339 e. The second-order valence-electron chi connectivity index (χ2n) is 6.49. The fraction of sp³-hybridized carbons (Fsp3) is 0.812. The Labute approximate surface area is 168 Å². The van der Waals surface area contributed by atoms with Gasteiger partial charge in [0.1, 0.15) is 0 Å². The molecule has 0 N–H and O–H groups in total. The maximum Gasteiger partial charge on any atom is 0.460 e. The van der Waals surface area contributed by atoms with Gasteiger partial charge < -0.3 is 4.90 Å². The van der Waals surface area contributed by atoms with Gasteiger partial charge in [0, 0.05) is 19.5 Å². The lowest BCUT2D eigenvalue weighted by Gasteiger charge is -2.39. The highest BCUT2D eigenvalue weighted by molar-refractivity contribution is 5.86. The van der Waals surface area contributed by atoms with Crippen LogP contribution in [0, 0.1) is 0 Å². The molecule has 0 aromatic heterocycles. The Morgan fingerprint density at radius 3 is 1.58 bits per heavy atom. The number of hydrogen-bond donors (Lipinski definition) is 0. The zero-order valence-electron chi connectivity index (χ0n) is 15.8. The largest absolute Gasteiger partial charge is 0.460 e. The van der Waals surface area contributed by atoms with Crippen LogP contribution in [0.5, 0.6) is 0 Å². The maximum atomic E-state index is 13.6. The van der Waals surface area contributed by atoms with Gasteiger partial charge in [0.05, 0.1) is 0 Å². The zero-order valence-corrected chi connectivity index (χ0v) is 15.8. The Balaban J connectivity index is 5.54. The topological polar surface area (TPSA) is 20.3 Å². The van der Waals surface area contributed by atoms with Gasteiger partial charge in [0.15, 0.2) is 0 Å². The van der Waals surface area contributed by atoms with E-state index >= 15 is 0 Å². The number of alkyl halides is 13. The second-order valence-corrected chi connectivity index (χ2v) is 6.49. The molecule has 0 aliphatic heterocycles. The molecule has 0 aromatic rings. The average Bonchev–Trinajstić information content (AvgIpc) is 2.61. The molecule has 0 aromatic carbocycles. The summed E-state index contributed by atoms with van der Waals surface area (Å²) in [7, 11) is 0. The van der Waals surface area contributed by atoms with E-state index in [9.17, 15) is 61.9 Å². The first-order valence-electron chi connectivity index (χ1n) is 8.52. The smallest absolute Gasteiger partial charge is 0.339 e. The molecule has 0 unspecified atom stereocenters. The van der Waals surface area contributed by atoms with Crippen molar-refractivity contribution in [1.29, 1.82) is 0 Å². The Morgan fingerprint density at radius 2 is 1.19 bits per heavy atom. The number of carbonyl (C=O) groups is 1. The van der Waals surface area contributed by atoms with Crippen molar-refractivity contribution in [1.82, 2.24) is 4.90 Å². The summed E-state index contributed by atoms with van der Waals surface area (Å²) < 4.78 is 169. The first-order chi connectivity index (χ1) is 13.7. The van der Waals surface area contributed by atoms with E-state index in [1.807, 2.05) is 0 Å². The minimum atomic E-state index is -7.89. The standard InChI is InChI=1S/C16H18F13NO/c1-3-8-30(10(31)4-2)9-6-5-7-11(17,18)12(19,20)13(21,22)14(23,24)15(25,26)16(27,28)29/h4H,2-3,5-9H2,1H3. The molecule has 31 heavy (non-hydrogen) atoms. The summed E-state index contributed by atoms with van der Waals surface area (Å²) >= 11 is 0. The molecule has 184 valence electrons. The minimum absolute atomic E-state index is 0.0776. The summed E-state index contributed by atoms with van der Waals surface area (Å²) in [6.07, 6.45) is -10.1. The highest BCUT2D eigenvalue weighted by atomic mass is 19.4. The second kappa shape index (κ2) is 9.43. The SMILES string of the molecule is C=CC(=O)N(CCC)CCCCC(F)(F)C(F)(F)C(F)(F)C(F)(F)C(F)(F)C(F)(F)F. The summed E-state index contributed by atoms with van der Waals surface area (Å²) in [5.41, 5.74) is 0. The van der Waals surface area contributed by atoms with Crippen LogP contribution < -0.4 is 0 Å². The number of unbranched alkanes of at least 4 members (excludes halogenated alkanes) is 1. The van der Waals surface area contributed by atoms with Gasteiger partial charge in [0.2, 0.25) is 5.91 Å². The molecule has 0 aliphatic rings. The molecule has 0 spiro atoms. The van der Waals surface area contributed by atoms with Gasteiger partial charge in [-0.1, -0.05) is 13.5 Å². The number of amides is 1. The van der Waals surface area contributed by atoms with Crippen LogP contribution in [0.15, 0.2) is 12.7 Å². The summed E-state index contributed by atoms with van der Waals surface area (Å²) in [4.78, 5) is 12.5. The van der Waals surface area contributed by atoms with Gasteiger partial charge in [-0.25, -0.2) is 0 Å². The predicted molar refractivity (Wildman–Crippen MR) is 81.7 cm³/mol. The molecule has 2 nitrogen and oxygen atoms in total. The molecule has 0 rings (SSSR count). The Morgan fingerprint density at radius 1 is 0.742 bits per heavy atom. The van der Waals surface area contributed by atoms with Crippen molar-refractivity contribution in [2.24, 2.45) is 0 Å². The molecule has 0 saturated heterocycles. The monoisotopic (exact) mass is 487 g/mol. The van der Waals surface area contributed by atoms with Gasteiger partial charge in [-0.15, -0.1) is 0 Å². The van der Waals surface area contributed by atoms with Crippen molar-refractivity contribution < 1.29 is 61.9 Å². The molecule has 0 bridgehead atoms. The van der Waals surface area contributed by atoms with E-state index in [-0.39, 0.29) is 13.1 Å². The zero-order chi connectivity index (χ0) is 25.1. The van der Waals surface area contributed by atoms with Crippen LogP contribution in [0.4, 0.5) is 57.1 Å². The van der Waals surface area contributed by atoms with Crippen molar-refractivity contribution in [2.45, 2.75) is 68.4 Å².